The zero-order valence-electron chi connectivity index (χ0n) is 15.8. The second kappa shape index (κ2) is 6.85. The van der Waals surface area contributed by atoms with Gasteiger partial charge in [0.2, 0.25) is 0 Å². The van der Waals surface area contributed by atoms with Crippen molar-refractivity contribution in [3.8, 4) is 0 Å². The van der Waals surface area contributed by atoms with E-state index in [4.69, 9.17) is 11.6 Å². The maximum absolute atomic E-state index is 13.0. The van der Waals surface area contributed by atoms with E-state index < -0.39 is 17.5 Å². The fourth-order valence-electron chi connectivity index (χ4n) is 3.63. The summed E-state index contributed by atoms with van der Waals surface area (Å²) in [5.74, 6) is -0.728. The number of benzene rings is 1. The molecule has 1 N–H and O–H groups in total. The maximum atomic E-state index is 13.0. The fraction of sp³-hybridized carbons (Fsp3) is 0.350. The number of nitrogens with zero attached hydrogens (tertiary/aromatic N) is 2. The minimum absolute atomic E-state index is 0.262. The average Bonchev–Trinajstić information content (AvgIpc) is 3.03. The third-order valence-corrected chi connectivity index (χ3v) is 5.40. The van der Waals surface area contributed by atoms with Crippen LogP contribution in [-0.2, 0) is 16.9 Å². The Morgan fingerprint density at radius 1 is 1.22 bits per heavy atom. The predicted molar refractivity (Wildman–Crippen MR) is 103 cm³/mol. The largest absolute Gasteiger partial charge is 0.349 e. The van der Waals surface area contributed by atoms with E-state index in [1.165, 1.54) is 0 Å². The van der Waals surface area contributed by atoms with Gasteiger partial charge in [-0.1, -0.05) is 23.7 Å². The Labute approximate surface area is 163 Å². The van der Waals surface area contributed by atoms with Crippen LogP contribution in [0.4, 0.5) is 4.79 Å². The Balaban J connectivity index is 1.87. The second-order valence-corrected chi connectivity index (χ2v) is 7.35. The van der Waals surface area contributed by atoms with E-state index in [2.05, 4.69) is 5.32 Å². The van der Waals surface area contributed by atoms with Crippen molar-refractivity contribution in [2.75, 3.05) is 6.54 Å². The van der Waals surface area contributed by atoms with Crippen molar-refractivity contribution >= 4 is 29.3 Å². The number of carbonyl (C=O) groups is 3. The van der Waals surface area contributed by atoms with Gasteiger partial charge < -0.3 is 9.88 Å². The van der Waals surface area contributed by atoms with Gasteiger partial charge in [0.25, 0.3) is 5.91 Å². The molecule has 3 rings (SSSR count). The van der Waals surface area contributed by atoms with Crippen molar-refractivity contribution in [2.45, 2.75) is 39.8 Å². The van der Waals surface area contributed by atoms with Gasteiger partial charge in [-0.25, -0.2) is 4.79 Å². The minimum atomic E-state index is -1.25. The first-order valence-electron chi connectivity index (χ1n) is 8.79. The number of ketones is 1. The molecule has 3 amide bonds. The van der Waals surface area contributed by atoms with Crippen LogP contribution >= 0.6 is 11.6 Å². The van der Waals surface area contributed by atoms with Crippen molar-refractivity contribution in [3.63, 3.8) is 0 Å². The number of carbonyl (C=O) groups excluding carboxylic acids is 3. The highest BCUT2D eigenvalue weighted by molar-refractivity contribution is 6.30. The standard InChI is InChI=1S/C20H22ClN3O3/c1-5-23-12(2)9-16(13(23)3)17(25)11-24-18(26)20(4,22-19(24)27)14-7-6-8-15(21)10-14/h6-10H,5,11H2,1-4H3,(H,22,27). The van der Waals surface area contributed by atoms with Gasteiger partial charge >= 0.3 is 6.03 Å². The predicted octanol–water partition coefficient (Wildman–Crippen LogP) is 3.43. The Morgan fingerprint density at radius 2 is 1.93 bits per heavy atom. The van der Waals surface area contributed by atoms with Crippen LogP contribution in [0.1, 0.15) is 41.2 Å². The van der Waals surface area contributed by atoms with E-state index in [-0.39, 0.29) is 12.3 Å². The van der Waals surface area contributed by atoms with Crippen molar-refractivity contribution in [1.29, 1.82) is 0 Å². The topological polar surface area (TPSA) is 71.4 Å². The number of aryl methyl sites for hydroxylation is 1. The molecule has 7 heteroatoms. The zero-order valence-corrected chi connectivity index (χ0v) is 16.6. The number of nitrogens with one attached hydrogen (secondary N) is 1. The molecule has 1 saturated heterocycles. The lowest BCUT2D eigenvalue weighted by Gasteiger charge is -2.22. The second-order valence-electron chi connectivity index (χ2n) is 6.91. The average molecular weight is 388 g/mol. The zero-order chi connectivity index (χ0) is 19.9. The van der Waals surface area contributed by atoms with Crippen LogP contribution in [-0.4, -0.2) is 33.7 Å². The first-order valence-corrected chi connectivity index (χ1v) is 9.17. The van der Waals surface area contributed by atoms with Gasteiger partial charge in [0.15, 0.2) is 5.78 Å². The highest BCUT2D eigenvalue weighted by atomic mass is 35.5. The van der Waals surface area contributed by atoms with Crippen LogP contribution in [0.3, 0.4) is 0 Å². The third-order valence-electron chi connectivity index (χ3n) is 5.17. The molecular weight excluding hydrogens is 366 g/mol. The van der Waals surface area contributed by atoms with Crippen molar-refractivity contribution in [2.24, 2.45) is 0 Å². The van der Waals surface area contributed by atoms with Crippen molar-refractivity contribution < 1.29 is 14.4 Å². The van der Waals surface area contributed by atoms with E-state index in [1.807, 2.05) is 25.3 Å². The molecule has 1 atom stereocenters. The molecule has 1 aromatic heterocycles. The van der Waals surface area contributed by atoms with Gasteiger partial charge in [-0.05, 0) is 51.5 Å². The summed E-state index contributed by atoms with van der Waals surface area (Å²) in [6.07, 6.45) is 0. The van der Waals surface area contributed by atoms with Crippen molar-refractivity contribution in [3.05, 3.63) is 57.9 Å². The molecule has 0 aliphatic carbocycles. The van der Waals surface area contributed by atoms with Gasteiger partial charge in [0.05, 0.1) is 6.54 Å². The summed E-state index contributed by atoms with van der Waals surface area (Å²) in [5.41, 5.74) is 1.67. The van der Waals surface area contributed by atoms with Gasteiger partial charge in [0.1, 0.15) is 5.54 Å². The lowest BCUT2D eigenvalue weighted by molar-refractivity contribution is -0.130. The summed E-state index contributed by atoms with van der Waals surface area (Å²) >= 11 is 6.02. The number of halogens is 1. The number of urea groups is 1. The van der Waals surface area contributed by atoms with E-state index >= 15 is 0 Å². The summed E-state index contributed by atoms with van der Waals surface area (Å²) in [5, 5.41) is 3.16. The summed E-state index contributed by atoms with van der Waals surface area (Å²) in [6.45, 7) is 7.87. The fourth-order valence-corrected chi connectivity index (χ4v) is 3.82. The molecule has 2 aromatic rings. The number of hydrogen-bond donors (Lipinski definition) is 1. The number of hydrogen-bond acceptors (Lipinski definition) is 3. The molecule has 0 saturated carbocycles. The molecule has 1 aliphatic rings. The molecule has 1 fully saturated rings. The monoisotopic (exact) mass is 387 g/mol. The molecule has 2 heterocycles. The summed E-state index contributed by atoms with van der Waals surface area (Å²) in [6, 6.07) is 8.00. The van der Waals surface area contributed by atoms with Gasteiger partial charge in [-0.3, -0.25) is 14.5 Å². The van der Waals surface area contributed by atoms with E-state index in [1.54, 1.807) is 37.3 Å². The minimum Gasteiger partial charge on any atom is -0.349 e. The molecule has 1 aromatic carbocycles. The molecule has 1 unspecified atom stereocenters. The molecule has 0 radical (unpaired) electrons. The molecule has 0 bridgehead atoms. The van der Waals surface area contributed by atoms with Crippen LogP contribution in [0.2, 0.25) is 5.02 Å². The summed E-state index contributed by atoms with van der Waals surface area (Å²) in [7, 11) is 0. The van der Waals surface area contributed by atoms with Crippen LogP contribution in [0.15, 0.2) is 30.3 Å². The quantitative estimate of drug-likeness (QED) is 0.631. The van der Waals surface area contributed by atoms with Crippen LogP contribution in [0.25, 0.3) is 0 Å². The van der Waals surface area contributed by atoms with Gasteiger partial charge in [-0.15, -0.1) is 0 Å². The number of imide groups is 1. The van der Waals surface area contributed by atoms with E-state index in [0.29, 0.717) is 16.1 Å². The Bertz CT molecular complexity index is 950. The van der Waals surface area contributed by atoms with E-state index in [0.717, 1.165) is 22.8 Å². The van der Waals surface area contributed by atoms with E-state index in [9.17, 15) is 14.4 Å². The normalized spacial score (nSPS) is 19.5. The maximum Gasteiger partial charge on any atom is 0.325 e. The Kier molecular flexibility index (Phi) is 4.86. The Morgan fingerprint density at radius 3 is 2.52 bits per heavy atom. The first-order chi connectivity index (χ1) is 12.7. The summed E-state index contributed by atoms with van der Waals surface area (Å²) < 4.78 is 2.02. The number of Topliss-reactive ketones (excluding diaryl/α,β-unsaturated/α-hetero) is 1. The lowest BCUT2D eigenvalue weighted by Crippen LogP contribution is -2.41. The smallest absolute Gasteiger partial charge is 0.325 e. The molecular formula is C20H22ClN3O3. The molecule has 6 nitrogen and oxygen atoms in total. The number of amides is 3. The first kappa shape index (κ1) is 19.2. The van der Waals surface area contributed by atoms with Crippen molar-refractivity contribution in [1.82, 2.24) is 14.8 Å². The number of aromatic nitrogens is 1. The van der Waals surface area contributed by atoms with Gasteiger partial charge in [-0.2, -0.15) is 0 Å². The molecule has 27 heavy (non-hydrogen) atoms. The van der Waals surface area contributed by atoms with Crippen LogP contribution in [0, 0.1) is 13.8 Å². The lowest BCUT2D eigenvalue weighted by atomic mass is 9.92. The SMILES string of the molecule is CCn1c(C)cc(C(=O)CN2C(=O)NC(C)(c3cccc(Cl)c3)C2=O)c1C. The van der Waals surface area contributed by atoms with Gasteiger partial charge in [0, 0.05) is 28.5 Å². The Hall–Kier alpha value is -2.60. The third kappa shape index (κ3) is 3.14. The molecule has 1 aliphatic heterocycles. The number of rotatable bonds is 5. The highest BCUT2D eigenvalue weighted by Crippen LogP contribution is 2.30. The van der Waals surface area contributed by atoms with Crippen LogP contribution < -0.4 is 5.32 Å². The molecule has 0 spiro atoms. The highest BCUT2D eigenvalue weighted by Gasteiger charge is 2.49. The summed E-state index contributed by atoms with van der Waals surface area (Å²) in [4.78, 5) is 39.2. The van der Waals surface area contributed by atoms with Crippen LogP contribution in [0.5, 0.6) is 0 Å². The molecule has 142 valence electrons.